The van der Waals surface area contributed by atoms with Crippen molar-refractivity contribution in [3.63, 3.8) is 0 Å². The summed E-state index contributed by atoms with van der Waals surface area (Å²) in [5.74, 6) is 1.14. The first-order valence-corrected chi connectivity index (χ1v) is 7.61. The zero-order chi connectivity index (χ0) is 16.0. The summed E-state index contributed by atoms with van der Waals surface area (Å²) in [5, 5.41) is 5.99. The van der Waals surface area contributed by atoms with Gasteiger partial charge in [0.2, 0.25) is 0 Å². The first kappa shape index (κ1) is 17.4. The molecule has 1 aromatic heterocycles. The molecule has 0 spiro atoms. The van der Waals surface area contributed by atoms with Crippen LogP contribution in [-0.4, -0.2) is 23.9 Å². The fourth-order valence-corrected chi connectivity index (χ4v) is 3.54. The van der Waals surface area contributed by atoms with Crippen LogP contribution in [0.5, 0.6) is 0 Å². The topological polar surface area (TPSA) is 21.1 Å². The molecule has 0 bridgehead atoms. The molecule has 3 aromatic rings. The number of nitrogens with zero attached hydrogens (tertiary/aromatic N) is 3. The van der Waals surface area contributed by atoms with E-state index in [2.05, 4.69) is 70.1 Å². The summed E-state index contributed by atoms with van der Waals surface area (Å²) < 4.78 is 1.97. The molecule has 0 aliphatic heterocycles. The summed E-state index contributed by atoms with van der Waals surface area (Å²) in [6.45, 7) is 6.52. The third-order valence-corrected chi connectivity index (χ3v) is 4.20. The SMILES string of the molecule is Cc1cc(C)c(-c2cccc3c(N(C)C)n(C)nc23)c(C)c1.Cl. The number of anilines is 1. The van der Waals surface area contributed by atoms with Crippen LogP contribution < -0.4 is 4.90 Å². The van der Waals surface area contributed by atoms with Gasteiger partial charge in [-0.2, -0.15) is 5.10 Å². The molecule has 0 fully saturated rings. The van der Waals surface area contributed by atoms with Gasteiger partial charge in [0.05, 0.1) is 0 Å². The van der Waals surface area contributed by atoms with Crippen LogP contribution in [0, 0.1) is 20.8 Å². The van der Waals surface area contributed by atoms with Gasteiger partial charge in [-0.3, -0.25) is 4.68 Å². The summed E-state index contributed by atoms with van der Waals surface area (Å²) in [6.07, 6.45) is 0. The lowest BCUT2D eigenvalue weighted by molar-refractivity contribution is 0.765. The van der Waals surface area contributed by atoms with E-state index in [1.807, 2.05) is 11.7 Å². The maximum atomic E-state index is 4.79. The Morgan fingerprint density at radius 2 is 1.61 bits per heavy atom. The van der Waals surface area contributed by atoms with Crippen LogP contribution >= 0.6 is 12.4 Å². The maximum Gasteiger partial charge on any atom is 0.134 e. The first-order chi connectivity index (χ1) is 10.4. The van der Waals surface area contributed by atoms with Crippen molar-refractivity contribution in [3.05, 3.63) is 47.0 Å². The van der Waals surface area contributed by atoms with E-state index in [4.69, 9.17) is 5.10 Å². The number of aryl methyl sites for hydroxylation is 4. The van der Waals surface area contributed by atoms with Gasteiger partial charge in [-0.15, -0.1) is 12.4 Å². The van der Waals surface area contributed by atoms with Crippen molar-refractivity contribution < 1.29 is 0 Å². The molecule has 0 radical (unpaired) electrons. The van der Waals surface area contributed by atoms with E-state index in [1.54, 1.807) is 0 Å². The van der Waals surface area contributed by atoms with E-state index in [9.17, 15) is 0 Å². The highest BCUT2D eigenvalue weighted by molar-refractivity contribution is 6.01. The third-order valence-electron chi connectivity index (χ3n) is 4.20. The van der Waals surface area contributed by atoms with Crippen LogP contribution in [-0.2, 0) is 7.05 Å². The number of halogens is 1. The lowest BCUT2D eigenvalue weighted by Crippen LogP contribution is -2.13. The number of benzene rings is 2. The lowest BCUT2D eigenvalue weighted by atomic mass is 9.92. The molecule has 3 rings (SSSR count). The average Bonchev–Trinajstić information content (AvgIpc) is 2.74. The molecule has 0 aliphatic carbocycles. The van der Waals surface area contributed by atoms with Gasteiger partial charge in [-0.1, -0.05) is 29.8 Å². The van der Waals surface area contributed by atoms with Gasteiger partial charge in [-0.25, -0.2) is 0 Å². The number of hydrogen-bond donors (Lipinski definition) is 0. The zero-order valence-corrected chi connectivity index (χ0v) is 15.5. The Hall–Kier alpha value is -2.00. The van der Waals surface area contributed by atoms with Gasteiger partial charge in [0, 0.05) is 32.1 Å². The minimum atomic E-state index is 0. The minimum Gasteiger partial charge on any atom is -0.362 e. The predicted molar refractivity (Wildman–Crippen MR) is 102 cm³/mol. The van der Waals surface area contributed by atoms with E-state index < -0.39 is 0 Å². The summed E-state index contributed by atoms with van der Waals surface area (Å²) in [6, 6.07) is 11.0. The fraction of sp³-hybridized carbons (Fsp3) is 0.316. The second kappa shape index (κ2) is 6.25. The van der Waals surface area contributed by atoms with Crippen LogP contribution in [0.2, 0.25) is 0 Å². The Labute approximate surface area is 144 Å². The third kappa shape index (κ3) is 2.81. The molecule has 0 saturated carbocycles. The van der Waals surface area contributed by atoms with Crippen molar-refractivity contribution in [1.29, 1.82) is 0 Å². The van der Waals surface area contributed by atoms with Gasteiger partial charge >= 0.3 is 0 Å². The monoisotopic (exact) mass is 329 g/mol. The van der Waals surface area contributed by atoms with Gasteiger partial charge in [0.25, 0.3) is 0 Å². The van der Waals surface area contributed by atoms with Crippen molar-refractivity contribution in [3.8, 4) is 11.1 Å². The molecule has 0 unspecified atom stereocenters. The summed E-state index contributed by atoms with van der Waals surface area (Å²) in [5.41, 5.74) is 7.52. The predicted octanol–water partition coefficient (Wildman–Crippen LogP) is 4.65. The smallest absolute Gasteiger partial charge is 0.134 e. The molecule has 1 heterocycles. The van der Waals surface area contributed by atoms with Gasteiger partial charge in [0.1, 0.15) is 11.3 Å². The summed E-state index contributed by atoms with van der Waals surface area (Å²) in [4.78, 5) is 2.12. The van der Waals surface area contributed by atoms with Gasteiger partial charge in [0.15, 0.2) is 0 Å². The Morgan fingerprint density at radius 3 is 2.17 bits per heavy atom. The molecule has 0 saturated heterocycles. The van der Waals surface area contributed by atoms with Crippen molar-refractivity contribution in [2.24, 2.45) is 7.05 Å². The van der Waals surface area contributed by atoms with Crippen molar-refractivity contribution in [2.45, 2.75) is 20.8 Å². The standard InChI is InChI=1S/C19H23N3.ClH/c1-12-10-13(2)17(14(3)11-12)15-8-7-9-16-18(15)20-22(6)19(16)21(4)5;/h7-11H,1-6H3;1H. The van der Waals surface area contributed by atoms with E-state index in [-0.39, 0.29) is 12.4 Å². The summed E-state index contributed by atoms with van der Waals surface area (Å²) >= 11 is 0. The molecule has 2 aromatic carbocycles. The highest BCUT2D eigenvalue weighted by Gasteiger charge is 2.16. The quantitative estimate of drug-likeness (QED) is 0.682. The van der Waals surface area contributed by atoms with Crippen LogP contribution in [0.3, 0.4) is 0 Å². The molecular formula is C19H24ClN3. The Morgan fingerprint density at radius 1 is 1.00 bits per heavy atom. The largest absolute Gasteiger partial charge is 0.362 e. The molecule has 23 heavy (non-hydrogen) atoms. The Bertz CT molecular complexity index is 839. The van der Waals surface area contributed by atoms with E-state index in [1.165, 1.54) is 33.2 Å². The number of aromatic nitrogens is 2. The molecular weight excluding hydrogens is 306 g/mol. The maximum absolute atomic E-state index is 4.79. The molecule has 4 heteroatoms. The van der Waals surface area contributed by atoms with Crippen LogP contribution in [0.25, 0.3) is 22.0 Å². The lowest BCUT2D eigenvalue weighted by Gasteiger charge is -2.13. The fourth-order valence-electron chi connectivity index (χ4n) is 3.54. The summed E-state index contributed by atoms with van der Waals surface area (Å²) in [7, 11) is 6.13. The van der Waals surface area contributed by atoms with E-state index >= 15 is 0 Å². The van der Waals surface area contributed by atoms with Crippen molar-refractivity contribution in [1.82, 2.24) is 9.78 Å². The number of hydrogen-bond acceptors (Lipinski definition) is 2. The highest BCUT2D eigenvalue weighted by atomic mass is 35.5. The van der Waals surface area contributed by atoms with Gasteiger partial charge < -0.3 is 4.90 Å². The average molecular weight is 330 g/mol. The number of rotatable bonds is 2. The van der Waals surface area contributed by atoms with Crippen molar-refractivity contribution in [2.75, 3.05) is 19.0 Å². The molecule has 0 N–H and O–H groups in total. The molecule has 0 amide bonds. The molecule has 0 aliphatic rings. The van der Waals surface area contributed by atoms with E-state index in [0.29, 0.717) is 0 Å². The molecule has 122 valence electrons. The first-order valence-electron chi connectivity index (χ1n) is 7.61. The highest BCUT2D eigenvalue weighted by Crippen LogP contribution is 2.36. The number of fused-ring (bicyclic) bond motifs is 1. The van der Waals surface area contributed by atoms with Gasteiger partial charge in [-0.05, 0) is 43.5 Å². The zero-order valence-electron chi connectivity index (χ0n) is 14.6. The van der Waals surface area contributed by atoms with E-state index in [0.717, 1.165) is 11.3 Å². The Balaban J connectivity index is 0.00000192. The molecule has 3 nitrogen and oxygen atoms in total. The van der Waals surface area contributed by atoms with Crippen LogP contribution in [0.15, 0.2) is 30.3 Å². The minimum absolute atomic E-state index is 0. The second-order valence-corrected chi connectivity index (χ2v) is 6.32. The van der Waals surface area contributed by atoms with Crippen LogP contribution in [0.4, 0.5) is 5.82 Å². The van der Waals surface area contributed by atoms with Crippen molar-refractivity contribution >= 4 is 29.1 Å². The normalized spacial score (nSPS) is 10.7. The molecule has 0 atom stereocenters. The van der Waals surface area contributed by atoms with Crippen LogP contribution in [0.1, 0.15) is 16.7 Å². The second-order valence-electron chi connectivity index (χ2n) is 6.32. The Kier molecular flexibility index (Phi) is 4.71.